The van der Waals surface area contributed by atoms with E-state index in [9.17, 15) is 29.4 Å². The van der Waals surface area contributed by atoms with Crippen LogP contribution in [0, 0.1) is 0 Å². The van der Waals surface area contributed by atoms with E-state index in [0.717, 1.165) is 27.7 Å². The summed E-state index contributed by atoms with van der Waals surface area (Å²) in [5.74, 6) is -6.62. The van der Waals surface area contributed by atoms with Crippen LogP contribution in [0.25, 0.3) is 0 Å². The largest absolute Gasteiger partial charge is 0.441 e. The first kappa shape index (κ1) is 18.2. The summed E-state index contributed by atoms with van der Waals surface area (Å²) in [6.07, 6.45) is -3.37. The number of hydrogen-bond donors (Lipinski definition) is 2. The Morgan fingerprint density at radius 2 is 1.50 bits per heavy atom. The Hall–Kier alpha value is -1.84. The number of ketones is 2. The van der Waals surface area contributed by atoms with Gasteiger partial charge in [0.15, 0.2) is 5.78 Å². The monoisotopic (exact) mass is 318 g/mol. The van der Waals surface area contributed by atoms with Gasteiger partial charge in [0.1, 0.15) is 12.2 Å². The summed E-state index contributed by atoms with van der Waals surface area (Å²) in [6.45, 7) is 2.98. The van der Waals surface area contributed by atoms with E-state index in [-0.39, 0.29) is 0 Å². The van der Waals surface area contributed by atoms with Gasteiger partial charge in [-0.05, 0) is 6.92 Å². The quantitative estimate of drug-likeness (QED) is 0.579. The van der Waals surface area contributed by atoms with Gasteiger partial charge in [-0.2, -0.15) is 0 Å². The number of esters is 2. The number of aliphatic hydroxyl groups excluding tert-OH is 2. The first-order chi connectivity index (χ1) is 10.0. The fraction of sp³-hybridized carbons (Fsp3) is 0.692. The van der Waals surface area contributed by atoms with Crippen LogP contribution < -0.4 is 0 Å². The summed E-state index contributed by atoms with van der Waals surface area (Å²) in [5, 5.41) is 19.5. The van der Waals surface area contributed by atoms with Gasteiger partial charge in [0, 0.05) is 20.8 Å². The molecule has 0 bridgehead atoms. The molecular weight excluding hydrogens is 300 g/mol. The van der Waals surface area contributed by atoms with Gasteiger partial charge < -0.3 is 24.4 Å². The zero-order valence-electron chi connectivity index (χ0n) is 12.6. The Labute approximate surface area is 126 Å². The second kappa shape index (κ2) is 6.11. The molecule has 4 atom stereocenters. The lowest BCUT2D eigenvalue weighted by atomic mass is 9.82. The molecular formula is C13H18O9. The number of rotatable bonds is 5. The van der Waals surface area contributed by atoms with Gasteiger partial charge >= 0.3 is 17.7 Å². The van der Waals surface area contributed by atoms with E-state index in [1.165, 1.54) is 0 Å². The molecule has 1 aliphatic heterocycles. The number of ether oxygens (including phenoxy) is 3. The Morgan fingerprint density at radius 3 is 1.82 bits per heavy atom. The normalized spacial score (nSPS) is 34.1. The van der Waals surface area contributed by atoms with E-state index < -0.39 is 53.7 Å². The highest BCUT2D eigenvalue weighted by molar-refractivity contribution is 6.00. The first-order valence-corrected chi connectivity index (χ1v) is 6.43. The van der Waals surface area contributed by atoms with E-state index in [2.05, 4.69) is 0 Å². The average molecular weight is 318 g/mol. The third-order valence-electron chi connectivity index (χ3n) is 3.33. The smallest absolute Gasteiger partial charge is 0.324 e. The van der Waals surface area contributed by atoms with Gasteiger partial charge in [0.25, 0.3) is 5.60 Å². The van der Waals surface area contributed by atoms with Crippen LogP contribution in [-0.2, 0) is 33.4 Å². The summed E-state index contributed by atoms with van der Waals surface area (Å²) in [7, 11) is 0. The summed E-state index contributed by atoms with van der Waals surface area (Å²) in [4.78, 5) is 47.0. The standard InChI is InChI=1S/C13H18O9/c1-6(15)12(20-8(3)17)11(19)10(5-14)22-13(12,7(2)16)21-9(4)18/h10-11,14,19H,5H2,1-4H3/t10-,11-,12-,13-/m0/s1. The minimum atomic E-state index is -2.66. The van der Waals surface area contributed by atoms with E-state index in [4.69, 9.17) is 14.2 Å². The fourth-order valence-corrected chi connectivity index (χ4v) is 2.54. The highest BCUT2D eigenvalue weighted by atomic mass is 16.8. The molecule has 1 rings (SSSR count). The zero-order valence-corrected chi connectivity index (χ0v) is 12.6. The number of Topliss-reactive ketones (excluding diaryl/α,β-unsaturated/α-hetero) is 2. The predicted molar refractivity (Wildman–Crippen MR) is 68.3 cm³/mol. The predicted octanol–water partition coefficient (Wildman–Crippen LogP) is -1.52. The van der Waals surface area contributed by atoms with Gasteiger partial charge in [0.05, 0.1) is 6.61 Å². The molecule has 0 saturated carbocycles. The van der Waals surface area contributed by atoms with Crippen LogP contribution in [0.3, 0.4) is 0 Å². The van der Waals surface area contributed by atoms with Gasteiger partial charge in [-0.3, -0.25) is 19.2 Å². The van der Waals surface area contributed by atoms with E-state index >= 15 is 0 Å². The topological polar surface area (TPSA) is 136 Å². The Morgan fingerprint density at radius 1 is 1.00 bits per heavy atom. The van der Waals surface area contributed by atoms with Gasteiger partial charge in [-0.15, -0.1) is 0 Å². The average Bonchev–Trinajstić information content (AvgIpc) is 2.61. The summed E-state index contributed by atoms with van der Waals surface area (Å²) in [6, 6.07) is 0. The van der Waals surface area contributed by atoms with E-state index in [1.807, 2.05) is 0 Å². The van der Waals surface area contributed by atoms with Crippen molar-refractivity contribution >= 4 is 23.5 Å². The van der Waals surface area contributed by atoms with Crippen molar-refractivity contribution in [3.05, 3.63) is 0 Å². The fourth-order valence-electron chi connectivity index (χ4n) is 2.54. The highest BCUT2D eigenvalue weighted by Crippen LogP contribution is 2.45. The summed E-state index contributed by atoms with van der Waals surface area (Å²) >= 11 is 0. The Balaban J connectivity index is 3.65. The molecule has 1 saturated heterocycles. The maximum Gasteiger partial charge on any atom is 0.324 e. The molecule has 0 aromatic heterocycles. The number of carbonyl (C=O) groups excluding carboxylic acids is 4. The third-order valence-corrected chi connectivity index (χ3v) is 3.33. The van der Waals surface area contributed by atoms with Crippen molar-refractivity contribution < 1.29 is 43.6 Å². The van der Waals surface area contributed by atoms with Crippen LogP contribution >= 0.6 is 0 Å². The molecule has 1 aliphatic rings. The van der Waals surface area contributed by atoms with Crippen LogP contribution in [0.4, 0.5) is 0 Å². The summed E-state index contributed by atoms with van der Waals surface area (Å²) < 4.78 is 14.9. The lowest BCUT2D eigenvalue weighted by molar-refractivity contribution is -0.263. The minimum Gasteiger partial charge on any atom is -0.441 e. The number of aliphatic hydroxyl groups is 2. The Bertz CT molecular complexity index is 514. The van der Waals surface area contributed by atoms with Crippen LogP contribution in [0.2, 0.25) is 0 Å². The van der Waals surface area contributed by atoms with Crippen molar-refractivity contribution in [2.45, 2.75) is 51.3 Å². The molecule has 1 fully saturated rings. The molecule has 9 heteroatoms. The molecule has 2 N–H and O–H groups in total. The third kappa shape index (κ3) is 2.51. The molecule has 0 aliphatic carbocycles. The maximum atomic E-state index is 12.1. The molecule has 0 radical (unpaired) electrons. The van der Waals surface area contributed by atoms with Crippen molar-refractivity contribution in [1.82, 2.24) is 0 Å². The lowest BCUT2D eigenvalue weighted by Gasteiger charge is -2.39. The minimum absolute atomic E-state index is 0.798. The Kier molecular flexibility index (Phi) is 5.06. The zero-order chi connectivity index (χ0) is 17.3. The lowest BCUT2D eigenvalue weighted by Crippen LogP contribution is -2.67. The molecule has 0 unspecified atom stereocenters. The summed E-state index contributed by atoms with van der Waals surface area (Å²) in [5.41, 5.74) is -2.59. The van der Waals surface area contributed by atoms with Crippen molar-refractivity contribution in [2.75, 3.05) is 6.61 Å². The van der Waals surface area contributed by atoms with Gasteiger partial charge in [0.2, 0.25) is 5.78 Å². The number of hydrogen-bond acceptors (Lipinski definition) is 9. The SMILES string of the molecule is CC(=O)O[C@@]1(C(C)=O)O[C@@H](CO)[C@H](O)[C@@]1(OC(C)=O)C(C)=O. The highest BCUT2D eigenvalue weighted by Gasteiger charge is 2.76. The molecule has 9 nitrogen and oxygen atoms in total. The second-order valence-corrected chi connectivity index (χ2v) is 4.94. The van der Waals surface area contributed by atoms with E-state index in [0.29, 0.717) is 0 Å². The molecule has 0 aromatic carbocycles. The second-order valence-electron chi connectivity index (χ2n) is 4.94. The molecule has 0 amide bonds. The van der Waals surface area contributed by atoms with E-state index in [1.54, 1.807) is 0 Å². The number of carbonyl (C=O) groups is 4. The van der Waals surface area contributed by atoms with Crippen LogP contribution in [0.15, 0.2) is 0 Å². The van der Waals surface area contributed by atoms with Crippen molar-refractivity contribution in [3.63, 3.8) is 0 Å². The van der Waals surface area contributed by atoms with Gasteiger partial charge in [-0.25, -0.2) is 0 Å². The van der Waals surface area contributed by atoms with Crippen molar-refractivity contribution in [1.29, 1.82) is 0 Å². The first-order valence-electron chi connectivity index (χ1n) is 6.43. The van der Waals surface area contributed by atoms with Crippen LogP contribution in [-0.4, -0.2) is 63.9 Å². The molecule has 22 heavy (non-hydrogen) atoms. The van der Waals surface area contributed by atoms with Crippen LogP contribution in [0.5, 0.6) is 0 Å². The maximum absolute atomic E-state index is 12.1. The van der Waals surface area contributed by atoms with Crippen molar-refractivity contribution in [2.24, 2.45) is 0 Å². The molecule has 1 heterocycles. The molecule has 0 aromatic rings. The molecule has 0 spiro atoms. The van der Waals surface area contributed by atoms with Crippen LogP contribution in [0.1, 0.15) is 27.7 Å². The van der Waals surface area contributed by atoms with Crippen molar-refractivity contribution in [3.8, 4) is 0 Å². The molecule has 124 valence electrons. The van der Waals surface area contributed by atoms with Gasteiger partial charge in [-0.1, -0.05) is 0 Å².